The zero-order valence-electron chi connectivity index (χ0n) is 14.8. The van der Waals surface area contributed by atoms with Crippen molar-refractivity contribution in [1.82, 2.24) is 9.55 Å². The van der Waals surface area contributed by atoms with E-state index in [1.54, 1.807) is 27.4 Å². The van der Waals surface area contributed by atoms with Gasteiger partial charge in [-0.2, -0.15) is 0 Å². The topological polar surface area (TPSA) is 99.9 Å². The molecule has 1 atom stereocenters. The van der Waals surface area contributed by atoms with E-state index < -0.39 is 17.8 Å². The van der Waals surface area contributed by atoms with E-state index in [1.807, 2.05) is 12.1 Å². The third kappa shape index (κ3) is 3.09. The molecule has 1 aliphatic rings. The summed E-state index contributed by atoms with van der Waals surface area (Å²) in [5.74, 6) is -0.339. The van der Waals surface area contributed by atoms with Crippen molar-refractivity contribution in [3.05, 3.63) is 45.9 Å². The van der Waals surface area contributed by atoms with Gasteiger partial charge in [0.15, 0.2) is 6.29 Å². The first kappa shape index (κ1) is 18.1. The highest BCUT2D eigenvalue weighted by Gasteiger charge is 2.30. The summed E-state index contributed by atoms with van der Waals surface area (Å²) in [6.45, 7) is 0.296. The second kappa shape index (κ2) is 7.27. The van der Waals surface area contributed by atoms with Crippen molar-refractivity contribution in [3.8, 4) is 17.1 Å². The number of aromatic carboxylic acids is 1. The first-order chi connectivity index (χ1) is 12.5. The maximum Gasteiger partial charge on any atom is 0.342 e. The monoisotopic (exact) mass is 360 g/mol. The summed E-state index contributed by atoms with van der Waals surface area (Å²) in [5.41, 5.74) is 0.793. The fourth-order valence-electron chi connectivity index (χ4n) is 3.28. The molecule has 0 aliphatic carbocycles. The van der Waals surface area contributed by atoms with Crippen molar-refractivity contribution in [2.75, 3.05) is 21.3 Å². The minimum atomic E-state index is -1.29. The molecule has 138 valence electrons. The molecule has 0 saturated carbocycles. The van der Waals surface area contributed by atoms with Gasteiger partial charge in [0.25, 0.3) is 5.56 Å². The quantitative estimate of drug-likeness (QED) is 0.783. The van der Waals surface area contributed by atoms with Crippen LogP contribution in [0.3, 0.4) is 0 Å². The van der Waals surface area contributed by atoms with E-state index >= 15 is 0 Å². The Balaban J connectivity index is 2.17. The normalized spacial score (nSPS) is 15.5. The summed E-state index contributed by atoms with van der Waals surface area (Å²) >= 11 is 0. The van der Waals surface area contributed by atoms with Gasteiger partial charge in [0.05, 0.1) is 7.11 Å². The molecule has 0 bridgehead atoms. The molecule has 8 heteroatoms. The highest BCUT2D eigenvalue weighted by atomic mass is 16.7. The summed E-state index contributed by atoms with van der Waals surface area (Å²) in [7, 11) is 4.66. The molecule has 1 N–H and O–H groups in total. The van der Waals surface area contributed by atoms with E-state index in [9.17, 15) is 14.7 Å². The van der Waals surface area contributed by atoms with Crippen LogP contribution in [0, 0.1) is 0 Å². The number of nitrogens with zero attached hydrogens (tertiary/aromatic N) is 2. The molecule has 1 unspecified atom stereocenters. The molecule has 2 aromatic rings. The number of fused-ring (bicyclic) bond motifs is 3. The third-order valence-electron chi connectivity index (χ3n) is 4.62. The van der Waals surface area contributed by atoms with Gasteiger partial charge >= 0.3 is 5.97 Å². The van der Waals surface area contributed by atoms with Crippen LogP contribution in [0.2, 0.25) is 0 Å². The van der Waals surface area contributed by atoms with Gasteiger partial charge in [0.1, 0.15) is 17.1 Å². The second-order valence-electron chi connectivity index (χ2n) is 6.00. The summed E-state index contributed by atoms with van der Waals surface area (Å²) in [5, 5.41) is 9.22. The van der Waals surface area contributed by atoms with E-state index in [-0.39, 0.29) is 11.5 Å². The molecule has 0 spiro atoms. The Kier molecular flexibility index (Phi) is 5.06. The lowest BCUT2D eigenvalue weighted by Gasteiger charge is -2.30. The first-order valence-corrected chi connectivity index (χ1v) is 8.07. The zero-order valence-corrected chi connectivity index (χ0v) is 14.8. The average molecular weight is 360 g/mol. The maximum atomic E-state index is 12.6. The lowest BCUT2D eigenvalue weighted by molar-refractivity contribution is -0.110. The number of aromatic nitrogens is 2. The Bertz CT molecular complexity index is 888. The van der Waals surface area contributed by atoms with Gasteiger partial charge in [-0.1, -0.05) is 6.07 Å². The fourth-order valence-corrected chi connectivity index (χ4v) is 3.28. The van der Waals surface area contributed by atoms with Crippen molar-refractivity contribution < 1.29 is 24.1 Å². The van der Waals surface area contributed by atoms with Crippen LogP contribution in [0.5, 0.6) is 5.75 Å². The zero-order chi connectivity index (χ0) is 18.8. The minimum absolute atomic E-state index is 0.100. The molecule has 0 saturated heterocycles. The SMILES string of the molecule is COc1ccc2c(c1)-c1ncc(C(=O)O)c(=O)n1CC2CC(OC)OC. The molecular weight excluding hydrogens is 340 g/mol. The molecule has 26 heavy (non-hydrogen) atoms. The number of carboxylic acid groups (broad SMARTS) is 1. The third-order valence-corrected chi connectivity index (χ3v) is 4.62. The van der Waals surface area contributed by atoms with Crippen LogP contribution in [0.1, 0.15) is 28.3 Å². The maximum absolute atomic E-state index is 12.6. The predicted molar refractivity (Wildman–Crippen MR) is 92.6 cm³/mol. The van der Waals surface area contributed by atoms with E-state index in [0.29, 0.717) is 24.5 Å². The number of carboxylic acids is 1. The highest BCUT2D eigenvalue weighted by molar-refractivity contribution is 5.87. The van der Waals surface area contributed by atoms with Crippen molar-refractivity contribution >= 4 is 5.97 Å². The van der Waals surface area contributed by atoms with E-state index in [0.717, 1.165) is 17.3 Å². The van der Waals surface area contributed by atoms with Gasteiger partial charge in [-0.25, -0.2) is 9.78 Å². The van der Waals surface area contributed by atoms with Crippen molar-refractivity contribution in [1.29, 1.82) is 0 Å². The number of hydrogen-bond donors (Lipinski definition) is 1. The Morgan fingerprint density at radius 3 is 2.69 bits per heavy atom. The van der Waals surface area contributed by atoms with Crippen molar-refractivity contribution in [2.45, 2.75) is 25.2 Å². The van der Waals surface area contributed by atoms with Gasteiger partial charge in [-0.3, -0.25) is 9.36 Å². The first-order valence-electron chi connectivity index (χ1n) is 8.07. The average Bonchev–Trinajstić information content (AvgIpc) is 2.65. The predicted octanol–water partition coefficient (Wildman–Crippen LogP) is 1.72. The molecule has 0 amide bonds. The van der Waals surface area contributed by atoms with Gasteiger partial charge in [-0.15, -0.1) is 0 Å². The number of ether oxygens (including phenoxy) is 3. The van der Waals surface area contributed by atoms with Crippen molar-refractivity contribution in [3.63, 3.8) is 0 Å². The van der Waals surface area contributed by atoms with Crippen molar-refractivity contribution in [2.24, 2.45) is 0 Å². The molecule has 1 aliphatic heterocycles. The standard InChI is InChI=1S/C18H20N2O6/c1-24-11-4-5-12-10(6-15(25-2)26-3)9-20-16(13(12)7-11)19-8-14(17(20)21)18(22)23/h4-5,7-8,10,15H,6,9H2,1-3H3,(H,22,23). The van der Waals surface area contributed by atoms with Crippen LogP contribution in [0.25, 0.3) is 11.4 Å². The number of hydrogen-bond acceptors (Lipinski definition) is 6. The van der Waals surface area contributed by atoms with Crippen LogP contribution in [-0.4, -0.2) is 48.2 Å². The molecule has 0 radical (unpaired) electrons. The Morgan fingerprint density at radius 1 is 1.35 bits per heavy atom. The van der Waals surface area contributed by atoms with E-state index in [2.05, 4.69) is 4.98 Å². The van der Waals surface area contributed by atoms with Gasteiger partial charge in [0, 0.05) is 44.9 Å². The number of rotatable bonds is 6. The van der Waals surface area contributed by atoms with E-state index in [1.165, 1.54) is 4.57 Å². The Morgan fingerprint density at radius 2 is 2.08 bits per heavy atom. The largest absolute Gasteiger partial charge is 0.497 e. The van der Waals surface area contributed by atoms with Gasteiger partial charge in [0.2, 0.25) is 0 Å². The molecular formula is C18H20N2O6. The van der Waals surface area contributed by atoms with Gasteiger partial charge in [-0.05, 0) is 17.7 Å². The summed E-state index contributed by atoms with van der Waals surface area (Å²) in [4.78, 5) is 28.2. The number of benzene rings is 1. The molecule has 0 fully saturated rings. The molecule has 3 rings (SSSR count). The van der Waals surface area contributed by atoms with E-state index in [4.69, 9.17) is 14.2 Å². The number of carbonyl (C=O) groups is 1. The van der Waals surface area contributed by atoms with Crippen LogP contribution < -0.4 is 10.3 Å². The van der Waals surface area contributed by atoms with Crippen LogP contribution in [0.15, 0.2) is 29.2 Å². The second-order valence-corrected chi connectivity index (χ2v) is 6.00. The molecule has 1 aromatic carbocycles. The summed E-state index contributed by atoms with van der Waals surface area (Å²) < 4.78 is 17.3. The smallest absolute Gasteiger partial charge is 0.342 e. The fraction of sp³-hybridized carbons (Fsp3) is 0.389. The lowest BCUT2D eigenvalue weighted by atomic mass is 9.87. The number of methoxy groups -OCH3 is 3. The summed E-state index contributed by atoms with van der Waals surface area (Å²) in [6.07, 6.45) is 1.17. The minimum Gasteiger partial charge on any atom is -0.497 e. The Labute approximate surface area is 150 Å². The summed E-state index contributed by atoms with van der Waals surface area (Å²) in [6, 6.07) is 5.58. The van der Waals surface area contributed by atoms with Crippen LogP contribution in [-0.2, 0) is 16.0 Å². The lowest BCUT2D eigenvalue weighted by Crippen LogP contribution is -2.34. The molecule has 8 nitrogen and oxygen atoms in total. The van der Waals surface area contributed by atoms with Gasteiger partial charge < -0.3 is 19.3 Å². The van der Waals surface area contributed by atoms with Crippen LogP contribution in [0.4, 0.5) is 0 Å². The van der Waals surface area contributed by atoms with Crippen LogP contribution >= 0.6 is 0 Å². The molecule has 1 aromatic heterocycles. The Hall–Kier alpha value is -2.71. The molecule has 2 heterocycles. The highest BCUT2D eigenvalue weighted by Crippen LogP contribution is 2.38.